The largest absolute Gasteiger partial charge is 0.393 e. The highest BCUT2D eigenvalue weighted by atomic mass is 16.3. The van der Waals surface area contributed by atoms with Crippen LogP contribution in [0.25, 0.3) is 0 Å². The number of Topliss-reactive ketones (excluding diaryl/α,β-unsaturated/α-hetero) is 1. The first kappa shape index (κ1) is 15.2. The molecular weight excluding hydrogens is 272 g/mol. The fourth-order valence-electron chi connectivity index (χ4n) is 7.49. The second kappa shape index (κ2) is 4.82. The summed E-state index contributed by atoms with van der Waals surface area (Å²) in [4.78, 5) is 12.2. The van der Waals surface area contributed by atoms with Gasteiger partial charge in [-0.25, -0.2) is 0 Å². The molecule has 0 heterocycles. The third-order valence-electron chi connectivity index (χ3n) is 8.91. The first-order valence-electron chi connectivity index (χ1n) is 9.58. The van der Waals surface area contributed by atoms with Crippen LogP contribution in [0, 0.1) is 40.4 Å². The SMILES string of the molecule is C[C@H]1C(=O)CC[C@@]2(C)C1CC[C@H]1[C@@H]3CC[C@H](O)[C@@]3(C)CC[C@@H]12. The van der Waals surface area contributed by atoms with E-state index in [4.69, 9.17) is 0 Å². The molecule has 4 fully saturated rings. The Morgan fingerprint density at radius 2 is 1.59 bits per heavy atom. The maximum Gasteiger partial charge on any atom is 0.136 e. The van der Waals surface area contributed by atoms with E-state index in [9.17, 15) is 9.90 Å². The summed E-state index contributed by atoms with van der Waals surface area (Å²) in [5, 5.41) is 10.5. The van der Waals surface area contributed by atoms with Crippen molar-refractivity contribution in [1.82, 2.24) is 0 Å². The summed E-state index contributed by atoms with van der Waals surface area (Å²) in [5.74, 6) is 3.74. The molecule has 4 saturated carbocycles. The van der Waals surface area contributed by atoms with Crippen LogP contribution in [-0.4, -0.2) is 17.0 Å². The van der Waals surface area contributed by atoms with Crippen molar-refractivity contribution in [3.05, 3.63) is 0 Å². The lowest BCUT2D eigenvalue weighted by Crippen LogP contribution is -2.55. The molecule has 22 heavy (non-hydrogen) atoms. The quantitative estimate of drug-likeness (QED) is 0.728. The topological polar surface area (TPSA) is 37.3 Å². The molecule has 0 aliphatic heterocycles. The van der Waals surface area contributed by atoms with Crippen molar-refractivity contribution in [2.45, 2.75) is 78.2 Å². The highest BCUT2D eigenvalue weighted by Gasteiger charge is 2.60. The van der Waals surface area contributed by atoms with Gasteiger partial charge in [-0.2, -0.15) is 0 Å². The first-order chi connectivity index (χ1) is 10.4. The van der Waals surface area contributed by atoms with Crippen LogP contribution < -0.4 is 0 Å². The number of fused-ring (bicyclic) bond motifs is 5. The van der Waals surface area contributed by atoms with Gasteiger partial charge in [0.25, 0.3) is 0 Å². The van der Waals surface area contributed by atoms with Crippen molar-refractivity contribution in [3.63, 3.8) is 0 Å². The summed E-state index contributed by atoms with van der Waals surface area (Å²) in [6.45, 7) is 7.05. The molecule has 4 aliphatic carbocycles. The molecule has 8 atom stereocenters. The summed E-state index contributed by atoms with van der Waals surface area (Å²) in [6.07, 6.45) is 9.12. The number of aliphatic hydroxyl groups is 1. The summed E-state index contributed by atoms with van der Waals surface area (Å²) in [5.41, 5.74) is 0.561. The van der Waals surface area contributed by atoms with E-state index in [1.54, 1.807) is 0 Å². The van der Waals surface area contributed by atoms with E-state index in [0.29, 0.717) is 17.1 Å². The number of hydrogen-bond donors (Lipinski definition) is 1. The number of hydrogen-bond acceptors (Lipinski definition) is 2. The van der Waals surface area contributed by atoms with Crippen LogP contribution in [0.15, 0.2) is 0 Å². The number of carbonyl (C=O) groups is 1. The molecule has 0 spiro atoms. The Balaban J connectivity index is 1.65. The minimum absolute atomic E-state index is 0.0733. The van der Waals surface area contributed by atoms with Gasteiger partial charge in [-0.1, -0.05) is 20.8 Å². The third kappa shape index (κ3) is 1.79. The average Bonchev–Trinajstić information content (AvgIpc) is 2.79. The van der Waals surface area contributed by atoms with Crippen molar-refractivity contribution in [3.8, 4) is 0 Å². The Morgan fingerprint density at radius 3 is 2.36 bits per heavy atom. The van der Waals surface area contributed by atoms with Crippen molar-refractivity contribution in [2.75, 3.05) is 0 Å². The van der Waals surface area contributed by atoms with Gasteiger partial charge in [0.15, 0.2) is 0 Å². The Morgan fingerprint density at radius 1 is 0.909 bits per heavy atom. The second-order valence-electron chi connectivity index (χ2n) is 9.46. The van der Waals surface area contributed by atoms with Crippen molar-refractivity contribution < 1.29 is 9.90 Å². The standard InChI is InChI=1S/C20H32O2/c1-12-14-5-4-13-15-6-7-18(22)20(15,3)10-8-16(13)19(14,2)11-9-17(12)21/h12-16,18,22H,4-11H2,1-3H3/t12-,13+,14?,15+,16+,18+,19+,20+/m1/s1. The van der Waals surface area contributed by atoms with Gasteiger partial charge >= 0.3 is 0 Å². The zero-order chi connectivity index (χ0) is 15.7. The third-order valence-corrected chi connectivity index (χ3v) is 8.91. The van der Waals surface area contributed by atoms with Crippen LogP contribution in [-0.2, 0) is 4.79 Å². The van der Waals surface area contributed by atoms with Crippen LogP contribution in [0.3, 0.4) is 0 Å². The molecule has 2 nitrogen and oxygen atoms in total. The maximum atomic E-state index is 12.2. The molecule has 0 aromatic rings. The number of carbonyl (C=O) groups excluding carboxylic acids is 1. The Kier molecular flexibility index (Phi) is 3.32. The van der Waals surface area contributed by atoms with E-state index >= 15 is 0 Å². The molecule has 0 saturated heterocycles. The predicted molar refractivity (Wildman–Crippen MR) is 87.3 cm³/mol. The van der Waals surface area contributed by atoms with Gasteiger partial charge in [-0.15, -0.1) is 0 Å². The van der Waals surface area contributed by atoms with Gasteiger partial charge in [0.05, 0.1) is 6.10 Å². The van der Waals surface area contributed by atoms with Crippen LogP contribution >= 0.6 is 0 Å². The number of aliphatic hydroxyl groups excluding tert-OH is 1. The molecule has 0 aromatic heterocycles. The Bertz CT molecular complexity index is 486. The van der Waals surface area contributed by atoms with Gasteiger partial charge in [-0.05, 0) is 79.4 Å². The fourth-order valence-corrected chi connectivity index (χ4v) is 7.49. The molecule has 0 aromatic carbocycles. The number of rotatable bonds is 0. The maximum absolute atomic E-state index is 12.2. The minimum atomic E-state index is -0.0733. The zero-order valence-corrected chi connectivity index (χ0v) is 14.5. The molecule has 0 radical (unpaired) electrons. The highest BCUT2D eigenvalue weighted by molar-refractivity contribution is 5.82. The van der Waals surface area contributed by atoms with E-state index < -0.39 is 0 Å². The summed E-state index contributed by atoms with van der Waals surface area (Å²) < 4.78 is 0. The monoisotopic (exact) mass is 304 g/mol. The van der Waals surface area contributed by atoms with E-state index in [-0.39, 0.29) is 17.4 Å². The first-order valence-corrected chi connectivity index (χ1v) is 9.58. The van der Waals surface area contributed by atoms with Gasteiger partial charge in [0, 0.05) is 12.3 Å². The number of ketones is 1. The van der Waals surface area contributed by atoms with Crippen molar-refractivity contribution in [1.29, 1.82) is 0 Å². The predicted octanol–water partition coefficient (Wildman–Crippen LogP) is 4.21. The van der Waals surface area contributed by atoms with Crippen LogP contribution in [0.2, 0.25) is 0 Å². The van der Waals surface area contributed by atoms with Gasteiger partial charge < -0.3 is 5.11 Å². The molecule has 124 valence electrons. The summed E-state index contributed by atoms with van der Waals surface area (Å²) >= 11 is 0. The summed E-state index contributed by atoms with van der Waals surface area (Å²) in [7, 11) is 0. The fraction of sp³-hybridized carbons (Fsp3) is 0.950. The molecule has 4 rings (SSSR count). The Labute approximate surface area is 135 Å². The lowest BCUT2D eigenvalue weighted by atomic mass is 9.44. The average molecular weight is 304 g/mol. The normalized spacial score (nSPS) is 57.9. The molecule has 2 heteroatoms. The molecule has 0 bridgehead atoms. The zero-order valence-electron chi connectivity index (χ0n) is 14.5. The molecule has 1 N–H and O–H groups in total. The lowest BCUT2D eigenvalue weighted by molar-refractivity contribution is -0.152. The highest BCUT2D eigenvalue weighted by Crippen LogP contribution is 2.66. The second-order valence-corrected chi connectivity index (χ2v) is 9.46. The smallest absolute Gasteiger partial charge is 0.136 e. The minimum Gasteiger partial charge on any atom is -0.393 e. The molecule has 0 amide bonds. The van der Waals surface area contributed by atoms with E-state index in [0.717, 1.165) is 37.0 Å². The van der Waals surface area contributed by atoms with Crippen molar-refractivity contribution >= 4 is 5.78 Å². The molecule has 4 aliphatic rings. The Hall–Kier alpha value is -0.370. The van der Waals surface area contributed by atoms with E-state index in [1.165, 1.54) is 32.1 Å². The summed E-state index contributed by atoms with van der Waals surface area (Å²) in [6, 6.07) is 0. The van der Waals surface area contributed by atoms with E-state index in [2.05, 4.69) is 20.8 Å². The van der Waals surface area contributed by atoms with Crippen LogP contribution in [0.1, 0.15) is 72.1 Å². The lowest BCUT2D eigenvalue weighted by Gasteiger charge is -2.61. The van der Waals surface area contributed by atoms with Gasteiger partial charge in [0.2, 0.25) is 0 Å². The van der Waals surface area contributed by atoms with Crippen LogP contribution in [0.5, 0.6) is 0 Å². The van der Waals surface area contributed by atoms with Gasteiger partial charge in [0.1, 0.15) is 5.78 Å². The van der Waals surface area contributed by atoms with Crippen LogP contribution in [0.4, 0.5) is 0 Å². The van der Waals surface area contributed by atoms with Crippen molar-refractivity contribution in [2.24, 2.45) is 40.4 Å². The van der Waals surface area contributed by atoms with E-state index in [1.807, 2.05) is 0 Å². The molecule has 1 unspecified atom stereocenters. The van der Waals surface area contributed by atoms with Gasteiger partial charge in [-0.3, -0.25) is 4.79 Å². The molecular formula is C20H32O2.